The lowest BCUT2D eigenvalue weighted by Crippen LogP contribution is -2.20. The maximum atomic E-state index is 11.0. The van der Waals surface area contributed by atoms with Crippen molar-refractivity contribution >= 4 is 22.7 Å². The summed E-state index contributed by atoms with van der Waals surface area (Å²) in [5, 5.41) is 38.0. The van der Waals surface area contributed by atoms with Gasteiger partial charge in [-0.2, -0.15) is 15.6 Å². The summed E-state index contributed by atoms with van der Waals surface area (Å²) in [5.41, 5.74) is 3.28. The second kappa shape index (κ2) is 9.96. The Labute approximate surface area is 185 Å². The normalized spacial score (nSPS) is 10.5. The van der Waals surface area contributed by atoms with Gasteiger partial charge in [0.25, 0.3) is 5.69 Å². The zero-order valence-corrected chi connectivity index (χ0v) is 17.7. The van der Waals surface area contributed by atoms with Crippen LogP contribution in [0.1, 0.15) is 22.3 Å². The van der Waals surface area contributed by atoms with Gasteiger partial charge >= 0.3 is 0 Å². The third-order valence-corrected chi connectivity index (χ3v) is 5.00. The Balaban J connectivity index is 1.81. The molecule has 0 fully saturated rings. The van der Waals surface area contributed by atoms with E-state index in [1.54, 1.807) is 0 Å². The fraction of sp³-hybridized carbons (Fsp3) is 0.167. The molecule has 0 unspecified atom stereocenters. The molecule has 0 radical (unpaired) electrons. The van der Waals surface area contributed by atoms with Crippen molar-refractivity contribution in [3.05, 3.63) is 93.0 Å². The molecule has 0 aliphatic carbocycles. The van der Waals surface area contributed by atoms with Crippen molar-refractivity contribution in [1.29, 1.82) is 10.5 Å². The Kier molecular flexibility index (Phi) is 6.89. The summed E-state index contributed by atoms with van der Waals surface area (Å²) in [5.74, 6) is 0. The van der Waals surface area contributed by atoms with Crippen LogP contribution in [-0.2, 0) is 6.42 Å². The van der Waals surface area contributed by atoms with Crippen molar-refractivity contribution < 1.29 is 4.92 Å². The summed E-state index contributed by atoms with van der Waals surface area (Å²) >= 11 is 0. The maximum Gasteiger partial charge on any atom is 0.272 e. The number of likely N-dealkylation sites (N-methyl/N-ethyl adjacent to an activating group) is 1. The van der Waals surface area contributed by atoms with Crippen LogP contribution in [0.2, 0.25) is 0 Å². The Morgan fingerprint density at radius 1 is 1.00 bits per heavy atom. The smallest absolute Gasteiger partial charge is 0.272 e. The highest BCUT2D eigenvalue weighted by molar-refractivity contribution is 5.67. The Morgan fingerprint density at radius 3 is 2.22 bits per heavy atom. The van der Waals surface area contributed by atoms with Gasteiger partial charge in [-0.15, -0.1) is 5.11 Å². The number of nitro groups is 1. The van der Waals surface area contributed by atoms with Crippen molar-refractivity contribution in [2.24, 2.45) is 10.2 Å². The molecular weight excluding hydrogens is 404 g/mol. The van der Waals surface area contributed by atoms with Crippen LogP contribution in [0.15, 0.2) is 70.9 Å². The van der Waals surface area contributed by atoms with Crippen molar-refractivity contribution in [1.82, 2.24) is 0 Å². The number of aryl methyl sites for hydroxylation is 1. The fourth-order valence-corrected chi connectivity index (χ4v) is 3.17. The molecule has 3 rings (SSSR count). The van der Waals surface area contributed by atoms with Gasteiger partial charge in [0.15, 0.2) is 0 Å². The average molecular weight is 424 g/mol. The Hall–Kier alpha value is -4.56. The highest BCUT2D eigenvalue weighted by Gasteiger charge is 2.17. The van der Waals surface area contributed by atoms with E-state index in [-0.39, 0.29) is 22.5 Å². The standard InChI is InChI=1S/C24H20N6O2/c1-17-12-21(29(2)11-10-18-6-4-3-5-7-18)8-9-23(17)27-28-24-19(15-25)13-22(30(31)32)14-20(24)16-26/h3-9,12-14H,10-11H2,1-2H3. The molecule has 0 bridgehead atoms. The highest BCUT2D eigenvalue weighted by atomic mass is 16.6. The predicted molar refractivity (Wildman–Crippen MR) is 121 cm³/mol. The van der Waals surface area contributed by atoms with Crippen molar-refractivity contribution in [3.63, 3.8) is 0 Å². The van der Waals surface area contributed by atoms with Gasteiger partial charge in [-0.1, -0.05) is 30.3 Å². The minimum Gasteiger partial charge on any atom is -0.374 e. The van der Waals surface area contributed by atoms with Gasteiger partial charge in [0.1, 0.15) is 17.8 Å². The van der Waals surface area contributed by atoms with E-state index >= 15 is 0 Å². The number of anilines is 1. The van der Waals surface area contributed by atoms with E-state index in [9.17, 15) is 20.6 Å². The van der Waals surface area contributed by atoms with Crippen molar-refractivity contribution in [2.75, 3.05) is 18.5 Å². The van der Waals surface area contributed by atoms with Gasteiger partial charge in [-0.25, -0.2) is 0 Å². The first kappa shape index (κ1) is 22.1. The van der Waals surface area contributed by atoms with Crippen LogP contribution in [0.5, 0.6) is 0 Å². The van der Waals surface area contributed by atoms with Crippen LogP contribution in [0.25, 0.3) is 0 Å². The third kappa shape index (κ3) is 5.13. The summed E-state index contributed by atoms with van der Waals surface area (Å²) in [6.07, 6.45) is 0.922. The van der Waals surface area contributed by atoms with Crippen molar-refractivity contribution in [2.45, 2.75) is 13.3 Å². The molecule has 3 aromatic carbocycles. The largest absolute Gasteiger partial charge is 0.374 e. The zero-order chi connectivity index (χ0) is 23.1. The molecule has 0 saturated heterocycles. The summed E-state index contributed by atoms with van der Waals surface area (Å²) < 4.78 is 0. The van der Waals surface area contributed by atoms with Crippen molar-refractivity contribution in [3.8, 4) is 12.1 Å². The summed E-state index contributed by atoms with van der Waals surface area (Å²) in [7, 11) is 2.02. The fourth-order valence-electron chi connectivity index (χ4n) is 3.17. The number of non-ortho nitro benzene ring substituents is 1. The lowest BCUT2D eigenvalue weighted by molar-refractivity contribution is -0.384. The Bertz CT molecular complexity index is 1220. The molecule has 0 heterocycles. The highest BCUT2D eigenvalue weighted by Crippen LogP contribution is 2.32. The first-order valence-electron chi connectivity index (χ1n) is 9.83. The van der Waals surface area contributed by atoms with E-state index in [1.807, 2.05) is 62.5 Å². The van der Waals surface area contributed by atoms with Crippen LogP contribution >= 0.6 is 0 Å². The molecular formula is C24H20N6O2. The van der Waals surface area contributed by atoms with Gasteiger partial charge in [0.2, 0.25) is 0 Å². The lowest BCUT2D eigenvalue weighted by Gasteiger charge is -2.20. The minimum absolute atomic E-state index is 0.0176. The first-order valence-corrected chi connectivity index (χ1v) is 9.83. The van der Waals surface area contributed by atoms with E-state index in [2.05, 4.69) is 27.3 Å². The molecule has 0 aromatic heterocycles. The van der Waals surface area contributed by atoms with Gasteiger partial charge in [-0.3, -0.25) is 10.1 Å². The molecule has 158 valence electrons. The summed E-state index contributed by atoms with van der Waals surface area (Å²) in [6, 6.07) is 21.9. The van der Waals surface area contributed by atoms with Crippen LogP contribution in [0.4, 0.5) is 22.7 Å². The van der Waals surface area contributed by atoms with E-state index in [4.69, 9.17) is 0 Å². The molecule has 0 aliphatic rings. The molecule has 0 atom stereocenters. The zero-order valence-electron chi connectivity index (χ0n) is 17.7. The topological polar surface area (TPSA) is 119 Å². The van der Waals surface area contributed by atoms with E-state index in [0.29, 0.717) is 5.69 Å². The first-order chi connectivity index (χ1) is 15.4. The molecule has 3 aromatic rings. The molecule has 32 heavy (non-hydrogen) atoms. The lowest BCUT2D eigenvalue weighted by atomic mass is 10.1. The van der Waals surface area contributed by atoms with Crippen LogP contribution in [0.3, 0.4) is 0 Å². The van der Waals surface area contributed by atoms with E-state index < -0.39 is 4.92 Å². The average Bonchev–Trinajstić information content (AvgIpc) is 2.81. The molecule has 8 heteroatoms. The van der Waals surface area contributed by atoms with Crippen LogP contribution in [0, 0.1) is 39.7 Å². The van der Waals surface area contributed by atoms with Crippen LogP contribution in [-0.4, -0.2) is 18.5 Å². The number of nitriles is 2. The molecule has 0 aliphatic heterocycles. The predicted octanol–water partition coefficient (Wildman–Crippen LogP) is 5.74. The number of hydrogen-bond donors (Lipinski definition) is 0. The quantitative estimate of drug-likeness (QED) is 0.272. The summed E-state index contributed by atoms with van der Waals surface area (Å²) in [4.78, 5) is 12.5. The number of nitrogens with zero attached hydrogens (tertiary/aromatic N) is 6. The molecule has 0 spiro atoms. The molecule has 0 saturated carbocycles. The van der Waals surface area contributed by atoms with Gasteiger partial charge in [-0.05, 0) is 42.7 Å². The van der Waals surface area contributed by atoms with Crippen LogP contribution < -0.4 is 4.90 Å². The number of azo groups is 1. The number of hydrogen-bond acceptors (Lipinski definition) is 7. The number of benzene rings is 3. The molecule has 0 N–H and O–H groups in total. The third-order valence-electron chi connectivity index (χ3n) is 5.00. The van der Waals surface area contributed by atoms with Gasteiger partial charge in [0, 0.05) is 31.4 Å². The Morgan fingerprint density at radius 2 is 1.66 bits per heavy atom. The molecule has 0 amide bonds. The number of nitro benzene ring substituents is 1. The van der Waals surface area contributed by atoms with Gasteiger partial charge < -0.3 is 4.90 Å². The number of rotatable bonds is 7. The monoisotopic (exact) mass is 424 g/mol. The second-order valence-electron chi connectivity index (χ2n) is 7.20. The minimum atomic E-state index is -0.653. The van der Waals surface area contributed by atoms with E-state index in [0.717, 1.165) is 36.3 Å². The maximum absolute atomic E-state index is 11.0. The van der Waals surface area contributed by atoms with Gasteiger partial charge in [0.05, 0.1) is 21.7 Å². The summed E-state index contributed by atoms with van der Waals surface area (Å²) in [6.45, 7) is 2.75. The second-order valence-corrected chi connectivity index (χ2v) is 7.20. The molecule has 8 nitrogen and oxygen atoms in total. The van der Waals surface area contributed by atoms with E-state index in [1.165, 1.54) is 5.56 Å². The SMILES string of the molecule is Cc1cc(N(C)CCc2ccccc2)ccc1N=Nc1c(C#N)cc([N+](=O)[O-])cc1C#N.